The van der Waals surface area contributed by atoms with Crippen LogP contribution < -0.4 is 0 Å². The molecule has 0 aromatic carbocycles. The number of aryl methyl sites for hydroxylation is 1. The normalized spacial score (nSPS) is 12.3. The number of aliphatic carboxylic acids is 1. The number of tetrazole rings is 1. The summed E-state index contributed by atoms with van der Waals surface area (Å²) in [4.78, 5) is 15.2. The molecule has 0 amide bonds. The first kappa shape index (κ1) is 14.1. The summed E-state index contributed by atoms with van der Waals surface area (Å²) in [6, 6.07) is 3.51. The number of rotatable bonds is 6. The van der Waals surface area contributed by atoms with E-state index in [2.05, 4.69) is 20.5 Å². The molecule has 7 nitrogen and oxygen atoms in total. The van der Waals surface area contributed by atoms with Crippen LogP contribution in [0.25, 0.3) is 11.4 Å². The van der Waals surface area contributed by atoms with Gasteiger partial charge in [-0.2, -0.15) is 0 Å². The van der Waals surface area contributed by atoms with Gasteiger partial charge in [-0.25, -0.2) is 4.68 Å². The average Bonchev–Trinajstić information content (AvgIpc) is 2.88. The number of aromatic nitrogens is 5. The molecule has 0 aliphatic rings. The molecule has 2 rings (SSSR count). The van der Waals surface area contributed by atoms with Crippen molar-refractivity contribution in [2.45, 2.75) is 39.2 Å². The molecule has 0 bridgehead atoms. The number of nitrogens with zero attached hydrogens (tertiary/aromatic N) is 5. The lowest BCUT2D eigenvalue weighted by molar-refractivity contribution is -0.138. The van der Waals surface area contributed by atoms with Crippen molar-refractivity contribution in [1.29, 1.82) is 0 Å². The topological polar surface area (TPSA) is 93.8 Å². The number of carbonyl (C=O) groups is 1. The zero-order valence-corrected chi connectivity index (χ0v) is 11.5. The maximum absolute atomic E-state index is 11.0. The van der Waals surface area contributed by atoms with Crippen molar-refractivity contribution < 1.29 is 9.90 Å². The summed E-state index contributed by atoms with van der Waals surface area (Å²) in [5.74, 6) is -0.302. The Hall–Kier alpha value is -2.31. The van der Waals surface area contributed by atoms with Crippen LogP contribution in [0.5, 0.6) is 0 Å². The maximum atomic E-state index is 11.0. The van der Waals surface area contributed by atoms with Gasteiger partial charge in [0.1, 0.15) is 0 Å². The van der Waals surface area contributed by atoms with Crippen LogP contribution in [-0.2, 0) is 4.79 Å². The second-order valence-corrected chi connectivity index (χ2v) is 4.68. The van der Waals surface area contributed by atoms with Gasteiger partial charge in [0.2, 0.25) is 0 Å². The summed E-state index contributed by atoms with van der Waals surface area (Å²) in [5.41, 5.74) is 1.69. The molecule has 0 fully saturated rings. The van der Waals surface area contributed by atoms with Gasteiger partial charge in [0.15, 0.2) is 5.82 Å². The summed E-state index contributed by atoms with van der Waals surface area (Å²) < 4.78 is 1.59. The van der Waals surface area contributed by atoms with Crippen molar-refractivity contribution in [3.63, 3.8) is 0 Å². The minimum absolute atomic E-state index is 0.00513. The summed E-state index contributed by atoms with van der Waals surface area (Å²) in [6.07, 6.45) is 3.28. The smallest absolute Gasteiger partial charge is 0.305 e. The van der Waals surface area contributed by atoms with Crippen molar-refractivity contribution >= 4 is 5.97 Å². The van der Waals surface area contributed by atoms with Crippen LogP contribution in [0.15, 0.2) is 18.3 Å². The third-order valence-electron chi connectivity index (χ3n) is 3.04. The van der Waals surface area contributed by atoms with E-state index in [1.807, 2.05) is 26.0 Å². The Kier molecular flexibility index (Phi) is 4.39. The van der Waals surface area contributed by atoms with E-state index >= 15 is 0 Å². The van der Waals surface area contributed by atoms with Crippen molar-refractivity contribution in [3.05, 3.63) is 24.0 Å². The van der Waals surface area contributed by atoms with Gasteiger partial charge in [0, 0.05) is 17.5 Å². The summed E-state index contributed by atoms with van der Waals surface area (Å²) >= 11 is 0. The van der Waals surface area contributed by atoms with Crippen LogP contribution in [-0.4, -0.2) is 36.3 Å². The highest BCUT2D eigenvalue weighted by molar-refractivity contribution is 5.67. The molecule has 0 radical (unpaired) electrons. The minimum Gasteiger partial charge on any atom is -0.481 e. The van der Waals surface area contributed by atoms with E-state index in [4.69, 9.17) is 5.11 Å². The first-order valence-electron chi connectivity index (χ1n) is 6.54. The van der Waals surface area contributed by atoms with Crippen LogP contribution >= 0.6 is 0 Å². The molecule has 1 atom stereocenters. The Morgan fingerprint density at radius 1 is 1.45 bits per heavy atom. The van der Waals surface area contributed by atoms with E-state index in [1.165, 1.54) is 0 Å². The number of hydrogen-bond donors (Lipinski definition) is 1. The van der Waals surface area contributed by atoms with Gasteiger partial charge in [-0.1, -0.05) is 13.3 Å². The molecule has 1 N–H and O–H groups in total. The largest absolute Gasteiger partial charge is 0.481 e. The first-order valence-corrected chi connectivity index (χ1v) is 6.54. The number of carboxylic acid groups (broad SMARTS) is 1. The molecule has 1 unspecified atom stereocenters. The van der Waals surface area contributed by atoms with Crippen LogP contribution in [0.3, 0.4) is 0 Å². The molecular weight excluding hydrogens is 258 g/mol. The highest BCUT2D eigenvalue weighted by Gasteiger charge is 2.20. The SMILES string of the molecule is CCCC(CC(=O)O)n1nnnc1-c1ccc(C)nc1. The lowest BCUT2D eigenvalue weighted by atomic mass is 10.1. The number of carboxylic acids is 1. The van der Waals surface area contributed by atoms with Gasteiger partial charge >= 0.3 is 5.97 Å². The van der Waals surface area contributed by atoms with E-state index < -0.39 is 5.97 Å². The molecule has 2 aromatic rings. The zero-order chi connectivity index (χ0) is 14.5. The molecule has 2 aromatic heterocycles. The summed E-state index contributed by atoms with van der Waals surface area (Å²) in [6.45, 7) is 3.91. The fourth-order valence-corrected chi connectivity index (χ4v) is 2.08. The molecule has 0 saturated heterocycles. The van der Waals surface area contributed by atoms with Crippen molar-refractivity contribution in [1.82, 2.24) is 25.2 Å². The van der Waals surface area contributed by atoms with E-state index in [0.29, 0.717) is 12.2 Å². The summed E-state index contributed by atoms with van der Waals surface area (Å²) in [7, 11) is 0. The standard InChI is InChI=1S/C13H17N5O2/c1-3-4-11(7-12(19)20)18-13(15-16-17-18)10-6-5-9(2)14-8-10/h5-6,8,11H,3-4,7H2,1-2H3,(H,19,20). The first-order chi connectivity index (χ1) is 9.61. The highest BCUT2D eigenvalue weighted by atomic mass is 16.4. The molecule has 0 saturated carbocycles. The van der Waals surface area contributed by atoms with Crippen molar-refractivity contribution in [2.24, 2.45) is 0 Å². The highest BCUT2D eigenvalue weighted by Crippen LogP contribution is 2.23. The fourth-order valence-electron chi connectivity index (χ4n) is 2.08. The van der Waals surface area contributed by atoms with Gasteiger partial charge in [0.25, 0.3) is 0 Å². The average molecular weight is 275 g/mol. The molecule has 20 heavy (non-hydrogen) atoms. The minimum atomic E-state index is -0.855. The van der Waals surface area contributed by atoms with Crippen LogP contribution in [0.1, 0.15) is 37.9 Å². The Bertz CT molecular complexity index is 579. The van der Waals surface area contributed by atoms with Crippen LogP contribution in [0.2, 0.25) is 0 Å². The van der Waals surface area contributed by atoms with E-state index in [1.54, 1.807) is 10.9 Å². The van der Waals surface area contributed by atoms with Gasteiger partial charge in [-0.3, -0.25) is 9.78 Å². The quantitative estimate of drug-likeness (QED) is 0.864. The maximum Gasteiger partial charge on any atom is 0.305 e. The third kappa shape index (κ3) is 3.17. The lowest BCUT2D eigenvalue weighted by Crippen LogP contribution is -2.16. The Morgan fingerprint density at radius 3 is 2.85 bits per heavy atom. The second-order valence-electron chi connectivity index (χ2n) is 4.68. The predicted molar refractivity (Wildman–Crippen MR) is 72.0 cm³/mol. The van der Waals surface area contributed by atoms with E-state index in [9.17, 15) is 4.79 Å². The summed E-state index contributed by atoms with van der Waals surface area (Å²) in [5, 5.41) is 20.6. The molecule has 106 valence electrons. The van der Waals surface area contributed by atoms with Crippen LogP contribution in [0.4, 0.5) is 0 Å². The molecular formula is C13H17N5O2. The van der Waals surface area contributed by atoms with Gasteiger partial charge < -0.3 is 5.11 Å². The predicted octanol–water partition coefficient (Wildman–Crippen LogP) is 1.86. The Labute approximate surface area is 116 Å². The monoisotopic (exact) mass is 275 g/mol. The Balaban J connectivity index is 2.34. The van der Waals surface area contributed by atoms with Gasteiger partial charge in [0.05, 0.1) is 12.5 Å². The molecule has 2 heterocycles. The Morgan fingerprint density at radius 2 is 2.25 bits per heavy atom. The molecule has 7 heteroatoms. The lowest BCUT2D eigenvalue weighted by Gasteiger charge is -2.15. The van der Waals surface area contributed by atoms with Crippen LogP contribution in [0, 0.1) is 6.92 Å². The van der Waals surface area contributed by atoms with Crippen molar-refractivity contribution in [2.75, 3.05) is 0 Å². The third-order valence-corrected chi connectivity index (χ3v) is 3.04. The van der Waals surface area contributed by atoms with Gasteiger partial charge in [-0.15, -0.1) is 5.10 Å². The van der Waals surface area contributed by atoms with E-state index in [-0.39, 0.29) is 12.5 Å². The fraction of sp³-hybridized carbons (Fsp3) is 0.462. The van der Waals surface area contributed by atoms with E-state index in [0.717, 1.165) is 17.7 Å². The van der Waals surface area contributed by atoms with Crippen molar-refractivity contribution in [3.8, 4) is 11.4 Å². The zero-order valence-electron chi connectivity index (χ0n) is 11.5. The molecule has 0 aliphatic carbocycles. The van der Waals surface area contributed by atoms with Gasteiger partial charge in [-0.05, 0) is 35.9 Å². The molecule has 0 spiro atoms. The second kappa shape index (κ2) is 6.23. The number of hydrogen-bond acceptors (Lipinski definition) is 5. The molecule has 0 aliphatic heterocycles. The number of pyridine rings is 1.